The maximum absolute atomic E-state index is 2.00. The molecule has 0 bridgehead atoms. The van der Waals surface area contributed by atoms with Gasteiger partial charge in [-0.05, 0) is 0 Å². The van der Waals surface area contributed by atoms with Crippen LogP contribution in [0, 0.1) is 0 Å². The molecule has 0 fully saturated rings. The second kappa shape index (κ2) is 90.8. The first-order valence-corrected chi connectivity index (χ1v) is 1.00. The van der Waals surface area contributed by atoms with Crippen LogP contribution in [0.1, 0.15) is 13.8 Å². The molecule has 0 spiro atoms. The van der Waals surface area contributed by atoms with Gasteiger partial charge in [-0.3, -0.25) is 0 Å². The van der Waals surface area contributed by atoms with Crippen molar-refractivity contribution in [1.29, 1.82) is 0 Å². The van der Waals surface area contributed by atoms with Crippen LogP contribution < -0.4 is 37.2 Å². The minimum atomic E-state index is 0. The summed E-state index contributed by atoms with van der Waals surface area (Å²) in [7, 11) is 0. The van der Waals surface area contributed by atoms with E-state index in [-0.39, 0.29) is 55.8 Å². The quantitative estimate of drug-likeness (QED) is 0.353. The Balaban J connectivity index is -0.000000000833. The number of halogens is 3. The summed E-state index contributed by atoms with van der Waals surface area (Å²) in [5, 5.41) is 0. The normalized spacial score (nSPS) is 1.00. The molecule has 0 unspecified atom stereocenters. The van der Waals surface area contributed by atoms with Crippen LogP contribution in [-0.4, -0.2) is 0 Å². The van der Waals surface area contributed by atoms with Gasteiger partial charge in [0.1, 0.15) is 0 Å². The third-order valence-electron chi connectivity index (χ3n) is 0. The molecule has 0 aliphatic rings. The van der Waals surface area contributed by atoms with Crippen molar-refractivity contribution in [2.75, 3.05) is 0 Å². The summed E-state index contributed by atoms with van der Waals surface area (Å²) in [5.41, 5.74) is 0. The molecule has 0 atom stereocenters. The summed E-state index contributed by atoms with van der Waals surface area (Å²) in [5.74, 6) is 0. The zero-order valence-corrected chi connectivity index (χ0v) is 7.25. The van der Waals surface area contributed by atoms with Crippen molar-refractivity contribution < 1.29 is 55.8 Å². The van der Waals surface area contributed by atoms with Gasteiger partial charge in [-0.25, -0.2) is 0 Å². The van der Waals surface area contributed by atoms with Crippen molar-refractivity contribution in [1.82, 2.24) is 0 Å². The first-order valence-electron chi connectivity index (χ1n) is 1.00. The van der Waals surface area contributed by atoms with E-state index in [1.165, 1.54) is 0 Å². The van der Waals surface area contributed by atoms with Crippen molar-refractivity contribution in [3.8, 4) is 0 Å². The van der Waals surface area contributed by atoms with Gasteiger partial charge in [-0.15, -0.1) is 0 Å². The van der Waals surface area contributed by atoms with E-state index in [1.807, 2.05) is 13.8 Å². The Morgan fingerprint density at radius 2 is 0.667 bits per heavy atom. The Labute approximate surface area is 69.6 Å². The third-order valence-corrected chi connectivity index (χ3v) is 0. The van der Waals surface area contributed by atoms with Crippen LogP contribution in [0.25, 0.3) is 0 Å². The Bertz CT molecular complexity index is 8.75. The van der Waals surface area contributed by atoms with Gasteiger partial charge in [0, 0.05) is 18.6 Å². The number of rotatable bonds is 0. The van der Waals surface area contributed by atoms with Crippen molar-refractivity contribution in [2.24, 2.45) is 0 Å². The molecule has 0 saturated carbocycles. The molecular weight excluding hydrogens is 181 g/mol. The summed E-state index contributed by atoms with van der Waals surface area (Å²) in [4.78, 5) is 0. The van der Waals surface area contributed by atoms with E-state index in [9.17, 15) is 0 Å². The van der Waals surface area contributed by atoms with E-state index in [2.05, 4.69) is 0 Å². The van der Waals surface area contributed by atoms with Gasteiger partial charge in [-0.1, -0.05) is 13.8 Å². The van der Waals surface area contributed by atoms with Gasteiger partial charge in [0.2, 0.25) is 0 Å². The molecule has 6 heavy (non-hydrogen) atoms. The topological polar surface area (TPSA) is 0 Å². The van der Waals surface area contributed by atoms with Crippen LogP contribution in [0.15, 0.2) is 0 Å². The van der Waals surface area contributed by atoms with Crippen LogP contribution in [0.5, 0.6) is 0 Å². The third kappa shape index (κ3) is 51.2. The van der Waals surface area contributed by atoms with E-state index >= 15 is 0 Å². The van der Waals surface area contributed by atoms with E-state index in [0.29, 0.717) is 0 Å². The summed E-state index contributed by atoms with van der Waals surface area (Å²) in [6, 6.07) is 0. The van der Waals surface area contributed by atoms with Crippen LogP contribution in [-0.2, 0) is 18.6 Å². The predicted molar refractivity (Wildman–Crippen MR) is 11.3 cm³/mol. The van der Waals surface area contributed by atoms with Gasteiger partial charge >= 0.3 is 0 Å². The molecule has 0 amide bonds. The zero-order valence-electron chi connectivity index (χ0n) is 3.58. The molecule has 0 N–H and O–H groups in total. The minimum absolute atomic E-state index is 0. The van der Waals surface area contributed by atoms with Gasteiger partial charge in [0.05, 0.1) is 0 Å². The Morgan fingerprint density at radius 1 is 0.667 bits per heavy atom. The molecule has 0 aromatic rings. The molecule has 0 nitrogen and oxygen atoms in total. The zero-order chi connectivity index (χ0) is 2.00. The SMILES string of the molecule is CC.[Cl-].[Cl-].[Cl-].[V]. The molecular formula is C2H6Cl3V-3. The standard InChI is InChI=1S/C2H6.3ClH.V/c1-2;;;;/h1-2H3;3*1H;/p-3. The van der Waals surface area contributed by atoms with Gasteiger partial charge in [0.25, 0.3) is 0 Å². The van der Waals surface area contributed by atoms with Crippen LogP contribution >= 0.6 is 0 Å². The first-order chi connectivity index (χ1) is 1.00. The van der Waals surface area contributed by atoms with Gasteiger partial charge in [0.15, 0.2) is 0 Å². The molecule has 0 rings (SSSR count). The fraction of sp³-hybridized carbons (Fsp3) is 1.00. The monoisotopic (exact) mass is 186 g/mol. The molecule has 0 heterocycles. The minimum Gasteiger partial charge on any atom is -1.00 e. The average Bonchev–Trinajstić information content (AvgIpc) is 1.00. The van der Waals surface area contributed by atoms with E-state index in [0.717, 1.165) is 0 Å². The maximum Gasteiger partial charge on any atom is 0 e. The second-order valence-corrected chi connectivity index (χ2v) is 0. The summed E-state index contributed by atoms with van der Waals surface area (Å²) in [6.45, 7) is 4.00. The summed E-state index contributed by atoms with van der Waals surface area (Å²) in [6.07, 6.45) is 0. The fourth-order valence-electron chi connectivity index (χ4n) is 0. The molecule has 43 valence electrons. The Hall–Kier alpha value is 1.45. The number of hydrogen-bond acceptors (Lipinski definition) is 0. The smallest absolute Gasteiger partial charge is 0 e. The van der Waals surface area contributed by atoms with Crippen LogP contribution in [0.4, 0.5) is 0 Å². The van der Waals surface area contributed by atoms with Crippen molar-refractivity contribution in [3.05, 3.63) is 0 Å². The van der Waals surface area contributed by atoms with E-state index in [1.54, 1.807) is 0 Å². The van der Waals surface area contributed by atoms with E-state index < -0.39 is 0 Å². The van der Waals surface area contributed by atoms with Crippen molar-refractivity contribution in [3.63, 3.8) is 0 Å². The largest absolute Gasteiger partial charge is 1.00 e. The van der Waals surface area contributed by atoms with Crippen molar-refractivity contribution >= 4 is 0 Å². The average molecular weight is 187 g/mol. The molecule has 0 aromatic heterocycles. The maximum atomic E-state index is 2.00. The Morgan fingerprint density at radius 3 is 0.667 bits per heavy atom. The fourth-order valence-corrected chi connectivity index (χ4v) is 0. The molecule has 4 heteroatoms. The first kappa shape index (κ1) is 51.6. The van der Waals surface area contributed by atoms with Crippen LogP contribution in [0.3, 0.4) is 0 Å². The van der Waals surface area contributed by atoms with Crippen LogP contribution in [0.2, 0.25) is 0 Å². The molecule has 0 aromatic carbocycles. The van der Waals surface area contributed by atoms with Crippen molar-refractivity contribution in [2.45, 2.75) is 13.8 Å². The Kier molecular flexibility index (Phi) is 780. The predicted octanol–water partition coefficient (Wildman–Crippen LogP) is -7.96. The summed E-state index contributed by atoms with van der Waals surface area (Å²) >= 11 is 0. The molecule has 0 aliphatic carbocycles. The second-order valence-electron chi connectivity index (χ2n) is 0. The van der Waals surface area contributed by atoms with Gasteiger partial charge in [-0.2, -0.15) is 0 Å². The summed E-state index contributed by atoms with van der Waals surface area (Å²) < 4.78 is 0. The van der Waals surface area contributed by atoms with E-state index in [4.69, 9.17) is 0 Å². The number of hydrogen-bond donors (Lipinski definition) is 0. The molecule has 1 radical (unpaired) electrons. The van der Waals surface area contributed by atoms with Gasteiger partial charge < -0.3 is 37.2 Å². The molecule has 0 aliphatic heterocycles. The molecule has 0 saturated heterocycles.